The third kappa shape index (κ3) is 3.73. The summed E-state index contributed by atoms with van der Waals surface area (Å²) in [5.41, 5.74) is -0.609. The van der Waals surface area contributed by atoms with Gasteiger partial charge in [-0.05, 0) is 36.7 Å². The van der Waals surface area contributed by atoms with E-state index >= 15 is 0 Å². The van der Waals surface area contributed by atoms with Crippen LogP contribution in [0.15, 0.2) is 28.4 Å². The lowest BCUT2D eigenvalue weighted by Gasteiger charge is -2.24. The lowest BCUT2D eigenvalue weighted by atomic mass is 10.2. The molecule has 0 bridgehead atoms. The van der Waals surface area contributed by atoms with Crippen molar-refractivity contribution < 1.29 is 9.53 Å². The Bertz CT molecular complexity index is 581. The highest BCUT2D eigenvalue weighted by Crippen LogP contribution is 2.26. The molecule has 2 rings (SSSR count). The van der Waals surface area contributed by atoms with Gasteiger partial charge in [-0.25, -0.2) is 19.7 Å². The van der Waals surface area contributed by atoms with Crippen molar-refractivity contribution in [3.63, 3.8) is 0 Å². The maximum Gasteiger partial charge on any atom is 0.423 e. The summed E-state index contributed by atoms with van der Waals surface area (Å²) in [6, 6.07) is 0. The predicted octanol–water partition coefficient (Wildman–Crippen LogP) is 3.77. The number of rotatable bonds is 2. The van der Waals surface area contributed by atoms with Crippen LogP contribution < -0.4 is 4.90 Å². The summed E-state index contributed by atoms with van der Waals surface area (Å²) in [7, 11) is 0. The molecule has 0 aromatic carbocycles. The molecule has 0 spiro atoms. The zero-order chi connectivity index (χ0) is 14.8. The molecule has 0 aliphatic carbocycles. The Kier molecular flexibility index (Phi) is 4.34. The summed E-state index contributed by atoms with van der Waals surface area (Å²) in [6.45, 7) is 5.40. The Morgan fingerprint density at radius 1 is 1.30 bits per heavy atom. The van der Waals surface area contributed by atoms with Crippen molar-refractivity contribution in [1.82, 2.24) is 15.0 Å². The number of hydrogen-bond donors (Lipinski definition) is 0. The molecule has 0 fully saturated rings. The lowest BCUT2D eigenvalue weighted by Crippen LogP contribution is -2.34. The highest BCUT2D eigenvalue weighted by atomic mass is 79.9. The summed E-state index contributed by atoms with van der Waals surface area (Å²) in [5, 5.41) is 2.23. The third-order valence-electron chi connectivity index (χ3n) is 1.99. The number of hydrogen-bond acceptors (Lipinski definition) is 6. The number of carbonyl (C=O) groups excluding carboxylic acids is 1. The van der Waals surface area contributed by atoms with Crippen LogP contribution >= 0.6 is 27.3 Å². The molecule has 0 radical (unpaired) electrons. The summed E-state index contributed by atoms with van der Waals surface area (Å²) >= 11 is 4.56. The van der Waals surface area contributed by atoms with Crippen LogP contribution in [0.2, 0.25) is 0 Å². The molecule has 0 aliphatic heterocycles. The summed E-state index contributed by atoms with van der Waals surface area (Å²) in [6.07, 6.45) is 4.17. The molecule has 0 atom stereocenters. The molecular weight excluding hydrogens is 344 g/mol. The van der Waals surface area contributed by atoms with Crippen molar-refractivity contribution in [2.75, 3.05) is 4.90 Å². The molecule has 6 nitrogen and oxygen atoms in total. The number of halogens is 1. The highest BCUT2D eigenvalue weighted by Gasteiger charge is 2.28. The van der Waals surface area contributed by atoms with Gasteiger partial charge in [0.25, 0.3) is 0 Å². The molecule has 0 saturated carbocycles. The zero-order valence-corrected chi connectivity index (χ0v) is 13.6. The number of nitrogens with zero attached hydrogens (tertiary/aromatic N) is 4. The second-order valence-electron chi connectivity index (χ2n) is 4.83. The first kappa shape index (κ1) is 14.9. The fourth-order valence-corrected chi connectivity index (χ4v) is 2.13. The average molecular weight is 357 g/mol. The molecule has 20 heavy (non-hydrogen) atoms. The maximum absolute atomic E-state index is 12.3. The zero-order valence-electron chi connectivity index (χ0n) is 11.2. The number of carbonyl (C=O) groups is 1. The van der Waals surface area contributed by atoms with Crippen molar-refractivity contribution in [3.05, 3.63) is 28.4 Å². The van der Waals surface area contributed by atoms with Crippen LogP contribution in [-0.2, 0) is 4.74 Å². The van der Waals surface area contributed by atoms with E-state index in [9.17, 15) is 4.79 Å². The fourth-order valence-electron chi connectivity index (χ4n) is 1.30. The fraction of sp³-hybridized carbons (Fsp3) is 0.333. The largest absolute Gasteiger partial charge is 0.443 e. The molecule has 2 aromatic heterocycles. The average Bonchev–Trinajstić information content (AvgIpc) is 2.83. The van der Waals surface area contributed by atoms with Gasteiger partial charge in [0.1, 0.15) is 5.60 Å². The first-order valence-electron chi connectivity index (χ1n) is 5.77. The van der Waals surface area contributed by atoms with Gasteiger partial charge in [-0.1, -0.05) is 0 Å². The minimum atomic E-state index is -0.609. The molecule has 1 amide bonds. The van der Waals surface area contributed by atoms with E-state index in [1.54, 1.807) is 44.7 Å². The topological polar surface area (TPSA) is 68.2 Å². The third-order valence-corrected chi connectivity index (χ3v) is 3.16. The molecule has 8 heteroatoms. The minimum Gasteiger partial charge on any atom is -0.443 e. The van der Waals surface area contributed by atoms with E-state index < -0.39 is 11.7 Å². The van der Waals surface area contributed by atoms with E-state index in [1.165, 1.54) is 16.2 Å². The molecule has 2 aromatic rings. The van der Waals surface area contributed by atoms with Crippen LogP contribution in [0.1, 0.15) is 20.8 Å². The molecule has 2 heterocycles. The van der Waals surface area contributed by atoms with Crippen LogP contribution in [0.3, 0.4) is 0 Å². The van der Waals surface area contributed by atoms with Gasteiger partial charge in [0, 0.05) is 24.0 Å². The van der Waals surface area contributed by atoms with Crippen molar-refractivity contribution in [2.45, 2.75) is 26.4 Å². The lowest BCUT2D eigenvalue weighted by molar-refractivity contribution is 0.0597. The van der Waals surface area contributed by atoms with Gasteiger partial charge in [-0.15, -0.1) is 11.3 Å². The summed E-state index contributed by atoms with van der Waals surface area (Å²) < 4.78 is 6.10. The van der Waals surface area contributed by atoms with Gasteiger partial charge in [0.2, 0.25) is 11.1 Å². The molecule has 0 saturated heterocycles. The normalized spacial score (nSPS) is 11.2. The standard InChI is InChI=1S/C12H13BrN4O2S/c1-12(2,3)19-11(18)17(10-14-4-5-20-10)9-15-6-8(13)7-16-9/h4-7H,1-3H3. The van der Waals surface area contributed by atoms with Gasteiger partial charge < -0.3 is 4.74 Å². The predicted molar refractivity (Wildman–Crippen MR) is 80.2 cm³/mol. The van der Waals surface area contributed by atoms with Gasteiger partial charge in [0.15, 0.2) is 0 Å². The number of ether oxygens (including phenoxy) is 1. The molecule has 106 valence electrons. The second-order valence-corrected chi connectivity index (χ2v) is 6.62. The summed E-state index contributed by atoms with van der Waals surface area (Å²) in [4.78, 5) is 25.9. The van der Waals surface area contributed by atoms with E-state index in [-0.39, 0.29) is 5.95 Å². The van der Waals surface area contributed by atoms with E-state index in [4.69, 9.17) is 4.74 Å². The Balaban J connectivity index is 2.35. The van der Waals surface area contributed by atoms with E-state index in [0.29, 0.717) is 5.13 Å². The van der Waals surface area contributed by atoms with E-state index in [2.05, 4.69) is 30.9 Å². The van der Waals surface area contributed by atoms with Gasteiger partial charge >= 0.3 is 6.09 Å². The van der Waals surface area contributed by atoms with Crippen LogP contribution in [0.4, 0.5) is 15.9 Å². The Morgan fingerprint density at radius 2 is 1.95 bits per heavy atom. The van der Waals surface area contributed by atoms with Crippen LogP contribution in [0.25, 0.3) is 0 Å². The Morgan fingerprint density at radius 3 is 2.45 bits per heavy atom. The van der Waals surface area contributed by atoms with Crippen LogP contribution in [0.5, 0.6) is 0 Å². The quantitative estimate of drug-likeness (QED) is 0.818. The van der Waals surface area contributed by atoms with Gasteiger partial charge in [0.05, 0.1) is 4.47 Å². The van der Waals surface area contributed by atoms with E-state index in [1.807, 2.05) is 0 Å². The number of aromatic nitrogens is 3. The first-order valence-corrected chi connectivity index (χ1v) is 7.44. The summed E-state index contributed by atoms with van der Waals surface area (Å²) in [5.74, 6) is 0.220. The van der Waals surface area contributed by atoms with Crippen LogP contribution in [-0.4, -0.2) is 26.6 Å². The first-order chi connectivity index (χ1) is 9.37. The molecule has 0 aliphatic rings. The number of thiazole rings is 1. The molecule has 0 unspecified atom stereocenters. The second kappa shape index (κ2) is 5.84. The Labute approximate surface area is 129 Å². The van der Waals surface area contributed by atoms with Crippen LogP contribution in [0, 0.1) is 0 Å². The smallest absolute Gasteiger partial charge is 0.423 e. The van der Waals surface area contributed by atoms with Crippen molar-refractivity contribution in [2.24, 2.45) is 0 Å². The SMILES string of the molecule is CC(C)(C)OC(=O)N(c1ncc(Br)cn1)c1nccs1. The molecular formula is C12H13BrN4O2S. The number of anilines is 2. The minimum absolute atomic E-state index is 0.220. The van der Waals surface area contributed by atoms with Gasteiger partial charge in [-0.2, -0.15) is 4.90 Å². The monoisotopic (exact) mass is 356 g/mol. The molecule has 0 N–H and O–H groups in total. The van der Waals surface area contributed by atoms with E-state index in [0.717, 1.165) is 4.47 Å². The Hall–Kier alpha value is -1.54. The van der Waals surface area contributed by atoms with Gasteiger partial charge in [-0.3, -0.25) is 0 Å². The van der Waals surface area contributed by atoms with Crippen molar-refractivity contribution in [1.29, 1.82) is 0 Å². The highest BCUT2D eigenvalue weighted by molar-refractivity contribution is 9.10. The van der Waals surface area contributed by atoms with Crippen molar-refractivity contribution in [3.8, 4) is 0 Å². The maximum atomic E-state index is 12.3. The number of amides is 1. The van der Waals surface area contributed by atoms with Crippen molar-refractivity contribution >= 4 is 44.4 Å².